The second-order valence-electron chi connectivity index (χ2n) is 4.41. The van der Waals surface area contributed by atoms with Crippen LogP contribution >= 0.6 is 11.8 Å². The van der Waals surface area contributed by atoms with Crippen molar-refractivity contribution < 1.29 is 5.11 Å². The number of aliphatic hydroxyl groups is 1. The molecular weight excluding hydrogens is 192 g/mol. The van der Waals surface area contributed by atoms with Crippen molar-refractivity contribution in [1.29, 1.82) is 0 Å². The van der Waals surface area contributed by atoms with Crippen LogP contribution in [0.15, 0.2) is 12.2 Å². The summed E-state index contributed by atoms with van der Waals surface area (Å²) in [5, 5.41) is 10.5. The Hall–Kier alpha value is 0.0500. The molecule has 1 nitrogen and oxygen atoms in total. The summed E-state index contributed by atoms with van der Waals surface area (Å²) in [6.07, 6.45) is 7.46. The third-order valence-electron chi connectivity index (χ3n) is 2.66. The van der Waals surface area contributed by atoms with Crippen molar-refractivity contribution in [2.24, 2.45) is 0 Å². The van der Waals surface area contributed by atoms with Gasteiger partial charge in [-0.1, -0.05) is 24.8 Å². The highest BCUT2D eigenvalue weighted by molar-refractivity contribution is 7.99. The number of hydrogen-bond acceptors (Lipinski definition) is 2. The Morgan fingerprint density at radius 2 is 2.07 bits per heavy atom. The molecule has 0 spiro atoms. The average molecular weight is 214 g/mol. The van der Waals surface area contributed by atoms with Crippen LogP contribution in [0.3, 0.4) is 0 Å². The number of rotatable bonds is 5. The van der Waals surface area contributed by atoms with E-state index < -0.39 is 0 Å². The maximum atomic E-state index is 9.67. The summed E-state index contributed by atoms with van der Waals surface area (Å²) in [7, 11) is 0. The molecule has 0 aromatic rings. The molecule has 1 N–H and O–H groups in total. The lowest BCUT2D eigenvalue weighted by Crippen LogP contribution is -2.15. The number of aliphatic hydroxyl groups excluding tert-OH is 1. The van der Waals surface area contributed by atoms with Gasteiger partial charge < -0.3 is 5.11 Å². The third-order valence-corrected chi connectivity index (χ3v) is 4.18. The summed E-state index contributed by atoms with van der Waals surface area (Å²) in [4.78, 5) is 0. The topological polar surface area (TPSA) is 20.2 Å². The standard InChI is InChI=1S/C12H22OS/c1-10(2)8-11(13)9-14-12-6-4-3-5-7-12/h11-13H,1,3-9H2,2H3. The van der Waals surface area contributed by atoms with Crippen molar-refractivity contribution >= 4 is 11.8 Å². The van der Waals surface area contributed by atoms with Crippen molar-refractivity contribution in [3.05, 3.63) is 12.2 Å². The van der Waals surface area contributed by atoms with E-state index in [1.54, 1.807) is 0 Å². The van der Waals surface area contributed by atoms with E-state index in [4.69, 9.17) is 0 Å². The van der Waals surface area contributed by atoms with Crippen molar-refractivity contribution in [3.63, 3.8) is 0 Å². The van der Waals surface area contributed by atoms with Crippen LogP contribution in [0.25, 0.3) is 0 Å². The molecule has 0 aliphatic heterocycles. The van der Waals surface area contributed by atoms with Gasteiger partial charge >= 0.3 is 0 Å². The van der Waals surface area contributed by atoms with Crippen LogP contribution in [-0.4, -0.2) is 22.2 Å². The Balaban J connectivity index is 2.09. The summed E-state index contributed by atoms with van der Waals surface area (Å²) in [5.41, 5.74) is 1.08. The highest BCUT2D eigenvalue weighted by atomic mass is 32.2. The van der Waals surface area contributed by atoms with Crippen molar-refractivity contribution in [2.75, 3.05) is 5.75 Å². The largest absolute Gasteiger partial charge is 0.392 e. The summed E-state index contributed by atoms with van der Waals surface area (Å²) in [6.45, 7) is 5.80. The van der Waals surface area contributed by atoms with Crippen LogP contribution in [0, 0.1) is 0 Å². The highest BCUT2D eigenvalue weighted by Crippen LogP contribution is 2.28. The van der Waals surface area contributed by atoms with Gasteiger partial charge in [-0.3, -0.25) is 0 Å². The summed E-state index contributed by atoms with van der Waals surface area (Å²) in [5.74, 6) is 0.886. The summed E-state index contributed by atoms with van der Waals surface area (Å²) in [6, 6.07) is 0. The second-order valence-corrected chi connectivity index (χ2v) is 5.74. The molecule has 0 bridgehead atoms. The Kier molecular flexibility index (Phi) is 5.64. The second kappa shape index (κ2) is 6.52. The first-order chi connectivity index (χ1) is 6.68. The first-order valence-corrected chi connectivity index (χ1v) is 6.67. The molecule has 0 radical (unpaired) electrons. The van der Waals surface area contributed by atoms with Gasteiger partial charge in [0.15, 0.2) is 0 Å². The van der Waals surface area contributed by atoms with E-state index >= 15 is 0 Å². The van der Waals surface area contributed by atoms with Crippen LogP contribution in [0.5, 0.6) is 0 Å². The van der Waals surface area contributed by atoms with Crippen molar-refractivity contribution in [3.8, 4) is 0 Å². The molecule has 2 heteroatoms. The van der Waals surface area contributed by atoms with Gasteiger partial charge in [0.2, 0.25) is 0 Å². The molecule has 1 aliphatic rings. The molecule has 1 unspecified atom stereocenters. The van der Waals surface area contributed by atoms with E-state index in [2.05, 4.69) is 6.58 Å². The van der Waals surface area contributed by atoms with Crippen molar-refractivity contribution in [2.45, 2.75) is 56.8 Å². The van der Waals surface area contributed by atoms with E-state index in [-0.39, 0.29) is 6.10 Å². The Morgan fingerprint density at radius 1 is 1.43 bits per heavy atom. The van der Waals surface area contributed by atoms with Gasteiger partial charge in [-0.05, 0) is 26.2 Å². The molecule has 1 atom stereocenters. The molecule has 0 saturated heterocycles. The predicted octanol–water partition coefficient (Wildman–Crippen LogP) is 3.38. The van der Waals surface area contributed by atoms with Gasteiger partial charge in [-0.15, -0.1) is 6.58 Å². The van der Waals surface area contributed by atoms with Gasteiger partial charge in [0.25, 0.3) is 0 Å². The van der Waals surface area contributed by atoms with Crippen molar-refractivity contribution in [1.82, 2.24) is 0 Å². The maximum Gasteiger partial charge on any atom is 0.0667 e. The zero-order valence-corrected chi connectivity index (χ0v) is 9.98. The Bertz CT molecular complexity index is 173. The predicted molar refractivity (Wildman–Crippen MR) is 64.8 cm³/mol. The minimum Gasteiger partial charge on any atom is -0.392 e. The Labute approximate surface area is 92.0 Å². The Morgan fingerprint density at radius 3 is 2.64 bits per heavy atom. The van der Waals surface area contributed by atoms with Gasteiger partial charge in [0.05, 0.1) is 6.10 Å². The summed E-state index contributed by atoms with van der Waals surface area (Å²) >= 11 is 1.96. The van der Waals surface area contributed by atoms with Crippen LogP contribution in [0.2, 0.25) is 0 Å². The lowest BCUT2D eigenvalue weighted by molar-refractivity contribution is 0.200. The fourth-order valence-corrected chi connectivity index (χ4v) is 3.22. The van der Waals surface area contributed by atoms with Gasteiger partial charge in [0.1, 0.15) is 0 Å². The van der Waals surface area contributed by atoms with Crippen LogP contribution in [0.1, 0.15) is 45.4 Å². The fraction of sp³-hybridized carbons (Fsp3) is 0.833. The minimum absolute atomic E-state index is 0.181. The molecule has 1 rings (SSSR count). The molecule has 0 heterocycles. The number of thioether (sulfide) groups is 1. The lowest BCUT2D eigenvalue weighted by Gasteiger charge is -2.22. The smallest absolute Gasteiger partial charge is 0.0667 e. The van der Waals surface area contributed by atoms with Gasteiger partial charge in [0, 0.05) is 11.0 Å². The maximum absolute atomic E-state index is 9.67. The zero-order chi connectivity index (χ0) is 10.4. The minimum atomic E-state index is -0.181. The lowest BCUT2D eigenvalue weighted by atomic mass is 10.0. The first kappa shape index (κ1) is 12.1. The molecule has 82 valence electrons. The van der Waals surface area contributed by atoms with Gasteiger partial charge in [-0.25, -0.2) is 0 Å². The van der Waals surface area contributed by atoms with Gasteiger partial charge in [-0.2, -0.15) is 11.8 Å². The van der Waals surface area contributed by atoms with Crippen LogP contribution in [-0.2, 0) is 0 Å². The monoisotopic (exact) mass is 214 g/mol. The third kappa shape index (κ3) is 5.06. The molecule has 0 aromatic carbocycles. The highest BCUT2D eigenvalue weighted by Gasteiger charge is 2.15. The molecule has 1 aliphatic carbocycles. The zero-order valence-electron chi connectivity index (χ0n) is 9.17. The molecule has 1 fully saturated rings. The van der Waals surface area contributed by atoms with E-state index in [0.717, 1.165) is 23.0 Å². The van der Waals surface area contributed by atoms with Crippen LogP contribution < -0.4 is 0 Å². The normalized spacial score (nSPS) is 20.7. The molecular formula is C12H22OS. The first-order valence-electron chi connectivity index (χ1n) is 5.62. The molecule has 0 amide bonds. The molecule has 0 aromatic heterocycles. The van der Waals surface area contributed by atoms with E-state index in [1.165, 1.54) is 32.1 Å². The fourth-order valence-electron chi connectivity index (χ4n) is 1.94. The molecule has 14 heavy (non-hydrogen) atoms. The quantitative estimate of drug-likeness (QED) is 0.708. The van der Waals surface area contributed by atoms with E-state index in [9.17, 15) is 5.11 Å². The molecule has 1 saturated carbocycles. The van der Waals surface area contributed by atoms with Crippen LogP contribution in [0.4, 0.5) is 0 Å². The summed E-state index contributed by atoms with van der Waals surface area (Å²) < 4.78 is 0. The van der Waals surface area contributed by atoms with E-state index in [1.807, 2.05) is 18.7 Å². The SMILES string of the molecule is C=C(C)CC(O)CSC1CCCCC1. The average Bonchev–Trinajstić information content (AvgIpc) is 2.15. The van der Waals surface area contributed by atoms with E-state index in [0.29, 0.717) is 0 Å². The number of hydrogen-bond donors (Lipinski definition) is 1.